The molecule has 0 aromatic rings. The molecule has 1 amide bonds. The molecule has 0 aliphatic carbocycles. The van der Waals surface area contributed by atoms with E-state index < -0.39 is 0 Å². The summed E-state index contributed by atoms with van der Waals surface area (Å²) in [6.45, 7) is 2.94. The van der Waals surface area contributed by atoms with Gasteiger partial charge in [0.25, 0.3) is 0 Å². The van der Waals surface area contributed by atoms with E-state index >= 15 is 0 Å². The minimum Gasteiger partial charge on any atom is -0.394 e. The van der Waals surface area contributed by atoms with Crippen LogP contribution in [-0.2, 0) is 9.53 Å². The van der Waals surface area contributed by atoms with E-state index in [1.807, 2.05) is 0 Å². The fraction of sp³-hybridized carbons (Fsp3) is 0.938. The van der Waals surface area contributed by atoms with Crippen LogP contribution in [0.25, 0.3) is 0 Å². The van der Waals surface area contributed by atoms with Crippen LogP contribution in [0, 0.1) is 0 Å². The van der Waals surface area contributed by atoms with Crippen molar-refractivity contribution >= 4 is 5.91 Å². The van der Waals surface area contributed by atoms with Crippen LogP contribution in [0.1, 0.15) is 71.1 Å². The minimum atomic E-state index is -0.159. The summed E-state index contributed by atoms with van der Waals surface area (Å²) in [5, 5.41) is 16.2. The van der Waals surface area contributed by atoms with Crippen molar-refractivity contribution in [3.05, 3.63) is 0 Å². The maximum absolute atomic E-state index is 10.4. The molecular formula is C16H35NO4. The van der Waals surface area contributed by atoms with Gasteiger partial charge in [-0.2, -0.15) is 0 Å². The first-order valence-electron chi connectivity index (χ1n) is 8.26. The van der Waals surface area contributed by atoms with Gasteiger partial charge in [-0.3, -0.25) is 4.79 Å². The second-order valence-electron chi connectivity index (χ2n) is 5.10. The Morgan fingerprint density at radius 2 is 1.29 bits per heavy atom. The van der Waals surface area contributed by atoms with Gasteiger partial charge in [0, 0.05) is 6.42 Å². The van der Waals surface area contributed by atoms with Crippen LogP contribution in [-0.4, -0.2) is 42.5 Å². The van der Waals surface area contributed by atoms with Crippen molar-refractivity contribution < 1.29 is 19.7 Å². The van der Waals surface area contributed by atoms with Crippen LogP contribution < -0.4 is 5.73 Å². The number of carbonyl (C=O) groups excluding carboxylic acids is 1. The van der Waals surface area contributed by atoms with E-state index in [4.69, 9.17) is 15.9 Å². The maximum atomic E-state index is 10.4. The molecule has 0 fully saturated rings. The van der Waals surface area contributed by atoms with Crippen LogP contribution in [0.15, 0.2) is 0 Å². The van der Waals surface area contributed by atoms with Crippen molar-refractivity contribution in [2.45, 2.75) is 71.1 Å². The molecule has 0 radical (unpaired) electrons. The Labute approximate surface area is 129 Å². The van der Waals surface area contributed by atoms with Crippen LogP contribution in [0.5, 0.6) is 0 Å². The Morgan fingerprint density at radius 1 is 0.857 bits per heavy atom. The van der Waals surface area contributed by atoms with Crippen LogP contribution in [0.4, 0.5) is 0 Å². The normalized spacial score (nSPS) is 10.0. The number of carbonyl (C=O) groups is 1. The fourth-order valence-corrected chi connectivity index (χ4v) is 1.84. The number of aliphatic hydroxyl groups excluding tert-OH is 2. The van der Waals surface area contributed by atoms with Crippen LogP contribution in [0.2, 0.25) is 0 Å². The van der Waals surface area contributed by atoms with Crippen molar-refractivity contribution in [1.82, 2.24) is 0 Å². The molecule has 0 spiro atoms. The number of amides is 1. The van der Waals surface area contributed by atoms with Gasteiger partial charge in [0.15, 0.2) is 0 Å². The van der Waals surface area contributed by atoms with Gasteiger partial charge in [0.1, 0.15) is 0 Å². The number of nitrogens with two attached hydrogens (primary N) is 1. The van der Waals surface area contributed by atoms with Gasteiger partial charge in [0.2, 0.25) is 5.91 Å². The molecule has 0 rings (SSSR count). The quantitative estimate of drug-likeness (QED) is 0.430. The summed E-state index contributed by atoms with van der Waals surface area (Å²) in [5.74, 6) is -0.159. The summed E-state index contributed by atoms with van der Waals surface area (Å²) >= 11 is 0. The van der Waals surface area contributed by atoms with Crippen molar-refractivity contribution in [3.63, 3.8) is 0 Å². The molecule has 4 N–H and O–H groups in total. The lowest BCUT2D eigenvalue weighted by Crippen LogP contribution is -2.09. The van der Waals surface area contributed by atoms with E-state index in [0.29, 0.717) is 19.6 Å². The highest BCUT2D eigenvalue weighted by Gasteiger charge is 1.94. The Balaban J connectivity index is 0. The molecule has 0 aromatic heterocycles. The maximum Gasteiger partial charge on any atom is 0.217 e. The molecule has 5 heteroatoms. The van der Waals surface area contributed by atoms with Crippen molar-refractivity contribution in [2.75, 3.05) is 26.4 Å². The number of unbranched alkanes of at least 4 members (excludes halogenated alkanes) is 8. The average molecular weight is 305 g/mol. The second-order valence-corrected chi connectivity index (χ2v) is 5.10. The number of ether oxygens (including phenoxy) is 1. The number of hydrogen-bond donors (Lipinski definition) is 3. The third kappa shape index (κ3) is 28.3. The molecule has 0 atom stereocenters. The summed E-state index contributed by atoms with van der Waals surface area (Å²) < 4.78 is 4.63. The molecule has 0 heterocycles. The molecule has 5 nitrogen and oxygen atoms in total. The first-order chi connectivity index (χ1) is 10.2. The highest BCUT2D eigenvalue weighted by atomic mass is 16.5. The highest BCUT2D eigenvalue weighted by molar-refractivity contribution is 5.73. The van der Waals surface area contributed by atoms with E-state index in [9.17, 15) is 4.79 Å². The molecule has 21 heavy (non-hydrogen) atoms. The lowest BCUT2D eigenvalue weighted by atomic mass is 10.1. The summed E-state index contributed by atoms with van der Waals surface area (Å²) in [4.78, 5) is 10.4. The summed E-state index contributed by atoms with van der Waals surface area (Å²) in [5.41, 5.74) is 5.05. The molecule has 0 unspecified atom stereocenters. The Bertz CT molecular complexity index is 197. The molecule has 128 valence electrons. The Morgan fingerprint density at radius 3 is 1.67 bits per heavy atom. The predicted molar refractivity (Wildman–Crippen MR) is 86.0 cm³/mol. The SMILES string of the molecule is CCCCCCCCCCCC(N)=O.OCCOCCO. The topological polar surface area (TPSA) is 92.8 Å². The van der Waals surface area contributed by atoms with Gasteiger partial charge < -0.3 is 20.7 Å². The lowest BCUT2D eigenvalue weighted by Gasteiger charge is -2.00. The van der Waals surface area contributed by atoms with Gasteiger partial charge in [-0.25, -0.2) is 0 Å². The van der Waals surface area contributed by atoms with Crippen molar-refractivity contribution in [3.8, 4) is 0 Å². The summed E-state index contributed by atoms with van der Waals surface area (Å²) in [7, 11) is 0. The zero-order valence-electron chi connectivity index (χ0n) is 13.7. The van der Waals surface area contributed by atoms with Crippen molar-refractivity contribution in [2.24, 2.45) is 5.73 Å². The monoisotopic (exact) mass is 305 g/mol. The number of rotatable bonds is 14. The van der Waals surface area contributed by atoms with Crippen molar-refractivity contribution in [1.29, 1.82) is 0 Å². The highest BCUT2D eigenvalue weighted by Crippen LogP contribution is 2.10. The number of aliphatic hydroxyl groups is 2. The molecule has 0 aromatic carbocycles. The van der Waals surface area contributed by atoms with Gasteiger partial charge in [0.05, 0.1) is 26.4 Å². The third-order valence-corrected chi connectivity index (χ3v) is 3.00. The first kappa shape index (κ1) is 22.6. The van der Waals surface area contributed by atoms with Crippen LogP contribution in [0.3, 0.4) is 0 Å². The molecule has 0 bridgehead atoms. The lowest BCUT2D eigenvalue weighted by molar-refractivity contribution is -0.118. The molecule has 0 aliphatic rings. The molecule has 0 aliphatic heterocycles. The standard InChI is InChI=1S/C12H25NO.C4H10O3/c1-2-3-4-5-6-7-8-9-10-11-12(13)14;5-1-3-7-4-2-6/h2-11H2,1H3,(H2,13,14);5-6H,1-4H2. The van der Waals surface area contributed by atoms with Gasteiger partial charge in [-0.1, -0.05) is 58.3 Å². The molecular weight excluding hydrogens is 270 g/mol. The van der Waals surface area contributed by atoms with Crippen LogP contribution >= 0.6 is 0 Å². The van der Waals surface area contributed by atoms with E-state index in [-0.39, 0.29) is 19.1 Å². The third-order valence-electron chi connectivity index (χ3n) is 3.00. The van der Waals surface area contributed by atoms with E-state index in [0.717, 1.165) is 12.8 Å². The smallest absolute Gasteiger partial charge is 0.217 e. The first-order valence-corrected chi connectivity index (χ1v) is 8.26. The molecule has 0 saturated carbocycles. The van der Waals surface area contributed by atoms with Gasteiger partial charge >= 0.3 is 0 Å². The van der Waals surface area contributed by atoms with Gasteiger partial charge in [-0.05, 0) is 6.42 Å². The average Bonchev–Trinajstić information content (AvgIpc) is 2.46. The van der Waals surface area contributed by atoms with Gasteiger partial charge in [-0.15, -0.1) is 0 Å². The zero-order chi connectivity index (χ0) is 16.2. The second kappa shape index (κ2) is 21.6. The predicted octanol–water partition coefficient (Wildman–Crippen LogP) is 2.38. The van der Waals surface area contributed by atoms with E-state index in [1.165, 1.54) is 44.9 Å². The van der Waals surface area contributed by atoms with E-state index in [1.54, 1.807) is 0 Å². The summed E-state index contributed by atoms with van der Waals surface area (Å²) in [6, 6.07) is 0. The Hall–Kier alpha value is -0.650. The minimum absolute atomic E-state index is 0.0278. The largest absolute Gasteiger partial charge is 0.394 e. The molecule has 0 saturated heterocycles. The van der Waals surface area contributed by atoms with E-state index in [2.05, 4.69) is 11.7 Å². The number of primary amides is 1. The summed E-state index contributed by atoms with van der Waals surface area (Å²) in [6.07, 6.45) is 12.1. The Kier molecular flexibility index (Phi) is 23.3. The number of hydrogen-bond acceptors (Lipinski definition) is 4. The fourth-order valence-electron chi connectivity index (χ4n) is 1.84. The zero-order valence-corrected chi connectivity index (χ0v) is 13.7.